The molecule has 0 spiro atoms. The van der Waals surface area contributed by atoms with Gasteiger partial charge in [-0.05, 0) is 61.6 Å². The smallest absolute Gasteiger partial charge is 0.264 e. The van der Waals surface area contributed by atoms with Gasteiger partial charge in [0.2, 0.25) is 0 Å². The normalized spacial score (nSPS) is 18.7. The number of amidine groups is 1. The Labute approximate surface area is 179 Å². The second kappa shape index (κ2) is 9.84. The summed E-state index contributed by atoms with van der Waals surface area (Å²) >= 11 is 1.56. The number of carbonyl (C=O) groups excluding carboxylic acids is 1. The Morgan fingerprint density at radius 1 is 1.14 bits per heavy atom. The van der Waals surface area contributed by atoms with Crippen LogP contribution in [0.1, 0.15) is 70.3 Å². The number of thioether (sulfide) groups is 1. The number of hydrogen-bond donors (Lipinski definition) is 1. The Kier molecular flexibility index (Phi) is 6.96. The number of nitrogens with zero attached hydrogens (tertiary/aromatic N) is 2. The van der Waals surface area contributed by atoms with Gasteiger partial charge in [-0.1, -0.05) is 51.2 Å². The van der Waals surface area contributed by atoms with Crippen LogP contribution in [0.4, 0.5) is 5.69 Å². The molecule has 1 saturated carbocycles. The lowest BCUT2D eigenvalue weighted by atomic mass is 10.0. The molecule has 4 nitrogen and oxygen atoms in total. The van der Waals surface area contributed by atoms with Crippen molar-refractivity contribution in [1.29, 1.82) is 0 Å². The standard InChI is InChI=1S/C24H33N3OS/c1-2-3-4-5-6-7-9-18-10-14-20(15-11-18)26-23(28)22-21(19-12-13-19)27-17-8-16-25-24(27)29-22/h10-11,14-15,19H,2-9,12-13,16-17H2,1H3,(H,26,28). The number of aryl methyl sites for hydroxylation is 1. The highest BCUT2D eigenvalue weighted by Crippen LogP contribution is 2.48. The van der Waals surface area contributed by atoms with Gasteiger partial charge in [0.15, 0.2) is 5.17 Å². The van der Waals surface area contributed by atoms with E-state index in [0.717, 1.165) is 41.7 Å². The first-order valence-electron chi connectivity index (χ1n) is 11.4. The molecule has 0 aromatic heterocycles. The van der Waals surface area contributed by atoms with Crippen LogP contribution < -0.4 is 5.32 Å². The molecule has 0 atom stereocenters. The van der Waals surface area contributed by atoms with E-state index in [4.69, 9.17) is 0 Å². The second-order valence-corrected chi connectivity index (χ2v) is 9.41. The molecule has 1 aromatic rings. The minimum Gasteiger partial charge on any atom is -0.323 e. The van der Waals surface area contributed by atoms with Crippen molar-refractivity contribution in [3.8, 4) is 0 Å². The van der Waals surface area contributed by atoms with Gasteiger partial charge in [-0.3, -0.25) is 9.79 Å². The summed E-state index contributed by atoms with van der Waals surface area (Å²) in [5.41, 5.74) is 3.47. The Morgan fingerprint density at radius 2 is 1.90 bits per heavy atom. The maximum Gasteiger partial charge on any atom is 0.264 e. The molecule has 0 saturated heterocycles. The number of benzene rings is 1. The molecule has 5 heteroatoms. The zero-order valence-corrected chi connectivity index (χ0v) is 18.4. The molecule has 2 aliphatic heterocycles. The third-order valence-corrected chi connectivity index (χ3v) is 7.07. The van der Waals surface area contributed by atoms with E-state index in [1.54, 1.807) is 11.8 Å². The van der Waals surface area contributed by atoms with Crippen molar-refractivity contribution in [2.24, 2.45) is 10.9 Å². The van der Waals surface area contributed by atoms with Crippen LogP contribution in [0, 0.1) is 5.92 Å². The van der Waals surface area contributed by atoms with Gasteiger partial charge in [-0.15, -0.1) is 0 Å². The van der Waals surface area contributed by atoms with Crippen molar-refractivity contribution >= 4 is 28.5 Å². The fourth-order valence-corrected chi connectivity index (χ4v) is 5.30. The predicted octanol–water partition coefficient (Wildman–Crippen LogP) is 5.96. The molecular formula is C24H33N3OS. The van der Waals surface area contributed by atoms with Crippen molar-refractivity contribution in [3.05, 3.63) is 40.4 Å². The largest absolute Gasteiger partial charge is 0.323 e. The van der Waals surface area contributed by atoms with Crippen molar-refractivity contribution in [2.45, 2.75) is 71.1 Å². The molecular weight excluding hydrogens is 378 g/mol. The number of amides is 1. The number of aliphatic imine (C=N–C) groups is 1. The number of unbranched alkanes of at least 4 members (excludes halogenated alkanes) is 5. The topological polar surface area (TPSA) is 44.7 Å². The Balaban J connectivity index is 1.32. The molecule has 0 bridgehead atoms. The lowest BCUT2D eigenvalue weighted by Gasteiger charge is -2.25. The summed E-state index contributed by atoms with van der Waals surface area (Å²) in [5, 5.41) is 4.15. The summed E-state index contributed by atoms with van der Waals surface area (Å²) in [6.45, 7) is 4.14. The van der Waals surface area contributed by atoms with E-state index < -0.39 is 0 Å². The lowest BCUT2D eigenvalue weighted by Crippen LogP contribution is -2.30. The highest BCUT2D eigenvalue weighted by molar-refractivity contribution is 8.18. The molecule has 0 radical (unpaired) electrons. The number of anilines is 1. The van der Waals surface area contributed by atoms with Crippen molar-refractivity contribution in [2.75, 3.05) is 18.4 Å². The average Bonchev–Trinajstić information content (AvgIpc) is 3.51. The van der Waals surface area contributed by atoms with Gasteiger partial charge in [0, 0.05) is 30.4 Å². The van der Waals surface area contributed by atoms with Gasteiger partial charge in [0.25, 0.3) is 5.91 Å². The van der Waals surface area contributed by atoms with E-state index in [9.17, 15) is 4.79 Å². The quantitative estimate of drug-likeness (QED) is 0.483. The highest BCUT2D eigenvalue weighted by atomic mass is 32.2. The number of fused-ring (bicyclic) bond motifs is 1. The second-order valence-electron chi connectivity index (χ2n) is 8.43. The molecule has 1 N–H and O–H groups in total. The van der Waals surface area contributed by atoms with Crippen LogP contribution in [0.25, 0.3) is 0 Å². The molecule has 29 heavy (non-hydrogen) atoms. The van der Waals surface area contributed by atoms with Gasteiger partial charge in [-0.2, -0.15) is 0 Å². The minimum absolute atomic E-state index is 0.0256. The highest BCUT2D eigenvalue weighted by Gasteiger charge is 2.42. The van der Waals surface area contributed by atoms with Crippen LogP contribution in [0.3, 0.4) is 0 Å². The zero-order valence-electron chi connectivity index (χ0n) is 17.6. The fraction of sp³-hybridized carbons (Fsp3) is 0.583. The van der Waals surface area contributed by atoms with E-state index in [1.165, 1.54) is 62.6 Å². The average molecular weight is 412 g/mol. The number of allylic oxidation sites excluding steroid dienone is 1. The van der Waals surface area contributed by atoms with Crippen LogP contribution in [-0.4, -0.2) is 29.1 Å². The SMILES string of the molecule is CCCCCCCCc1ccc(NC(=O)C2=C(C3CC3)N3CCCN=C3S2)cc1. The maximum atomic E-state index is 13.0. The molecule has 4 rings (SSSR count). The summed E-state index contributed by atoms with van der Waals surface area (Å²) < 4.78 is 0. The third kappa shape index (κ3) is 5.25. The fourth-order valence-electron chi connectivity index (χ4n) is 4.14. The van der Waals surface area contributed by atoms with E-state index in [1.807, 2.05) is 12.1 Å². The van der Waals surface area contributed by atoms with Crippen LogP contribution in [-0.2, 0) is 11.2 Å². The van der Waals surface area contributed by atoms with E-state index in [0.29, 0.717) is 5.92 Å². The van der Waals surface area contributed by atoms with Gasteiger partial charge < -0.3 is 10.2 Å². The predicted molar refractivity (Wildman–Crippen MR) is 123 cm³/mol. The maximum absolute atomic E-state index is 13.0. The van der Waals surface area contributed by atoms with Crippen LogP contribution in [0.15, 0.2) is 39.9 Å². The summed E-state index contributed by atoms with van der Waals surface area (Å²) in [5.74, 6) is 0.575. The number of carbonyl (C=O) groups is 1. The first kappa shape index (κ1) is 20.5. The molecule has 1 aliphatic carbocycles. The molecule has 1 aromatic carbocycles. The van der Waals surface area contributed by atoms with Crippen LogP contribution in [0.5, 0.6) is 0 Å². The summed E-state index contributed by atoms with van der Waals surface area (Å²) in [6.07, 6.45) is 12.5. The van der Waals surface area contributed by atoms with Crippen LogP contribution >= 0.6 is 11.8 Å². The minimum atomic E-state index is 0.0256. The van der Waals surface area contributed by atoms with E-state index >= 15 is 0 Å². The number of hydrogen-bond acceptors (Lipinski definition) is 4. The number of rotatable bonds is 10. The van der Waals surface area contributed by atoms with Gasteiger partial charge in [0.05, 0.1) is 0 Å². The van der Waals surface area contributed by atoms with Gasteiger partial charge >= 0.3 is 0 Å². The first-order chi connectivity index (χ1) is 14.3. The van der Waals surface area contributed by atoms with E-state index in [-0.39, 0.29) is 5.91 Å². The number of nitrogens with one attached hydrogen (secondary N) is 1. The molecule has 0 unspecified atom stereocenters. The molecule has 2 heterocycles. The molecule has 156 valence electrons. The third-order valence-electron chi connectivity index (χ3n) is 5.94. The Morgan fingerprint density at radius 3 is 2.66 bits per heavy atom. The van der Waals surface area contributed by atoms with Crippen molar-refractivity contribution < 1.29 is 4.79 Å². The summed E-state index contributed by atoms with van der Waals surface area (Å²) in [7, 11) is 0. The molecule has 1 amide bonds. The summed E-state index contributed by atoms with van der Waals surface area (Å²) in [6, 6.07) is 8.41. The molecule has 1 fully saturated rings. The lowest BCUT2D eigenvalue weighted by molar-refractivity contribution is -0.112. The molecule has 3 aliphatic rings. The van der Waals surface area contributed by atoms with Crippen molar-refractivity contribution in [3.63, 3.8) is 0 Å². The Bertz CT molecular complexity index is 780. The summed E-state index contributed by atoms with van der Waals surface area (Å²) in [4.78, 5) is 20.8. The van der Waals surface area contributed by atoms with Gasteiger partial charge in [0.1, 0.15) is 4.91 Å². The van der Waals surface area contributed by atoms with Gasteiger partial charge in [-0.25, -0.2) is 0 Å². The van der Waals surface area contributed by atoms with E-state index in [2.05, 4.69) is 34.3 Å². The monoisotopic (exact) mass is 411 g/mol. The zero-order chi connectivity index (χ0) is 20.1. The van der Waals surface area contributed by atoms with Crippen molar-refractivity contribution in [1.82, 2.24) is 4.90 Å². The Hall–Kier alpha value is -1.75. The van der Waals surface area contributed by atoms with Crippen LogP contribution in [0.2, 0.25) is 0 Å². The first-order valence-corrected chi connectivity index (χ1v) is 12.2.